The molecule has 5 heteroatoms. The molecule has 0 heterocycles. The number of ether oxygens (including phenoxy) is 1. The van der Waals surface area contributed by atoms with Crippen LogP contribution in [0, 0.1) is 11.8 Å². The Kier molecular flexibility index (Phi) is 6.46. The summed E-state index contributed by atoms with van der Waals surface area (Å²) in [5, 5.41) is 5.20. The van der Waals surface area contributed by atoms with Crippen LogP contribution in [0.5, 0.6) is 0 Å². The van der Waals surface area contributed by atoms with Crippen molar-refractivity contribution in [3.8, 4) is 11.8 Å². The van der Waals surface area contributed by atoms with Gasteiger partial charge in [0.25, 0.3) is 5.91 Å². The normalized spacial score (nSPS) is 10.2. The third-order valence-electron chi connectivity index (χ3n) is 2.53. The molecular weight excluding hydrogens is 280 g/mol. The van der Waals surface area contributed by atoms with Gasteiger partial charge in [0.15, 0.2) is 0 Å². The van der Waals surface area contributed by atoms with E-state index in [0.717, 1.165) is 5.56 Å². The van der Waals surface area contributed by atoms with E-state index < -0.39 is 11.7 Å². The molecular formula is C17H22N2O3. The van der Waals surface area contributed by atoms with Crippen molar-refractivity contribution in [2.24, 2.45) is 0 Å². The molecule has 0 aromatic heterocycles. The predicted molar refractivity (Wildman–Crippen MR) is 85.6 cm³/mol. The van der Waals surface area contributed by atoms with E-state index >= 15 is 0 Å². The van der Waals surface area contributed by atoms with Gasteiger partial charge in [0.05, 0.1) is 0 Å². The summed E-state index contributed by atoms with van der Waals surface area (Å²) in [6.45, 7) is 5.87. The molecule has 1 aromatic rings. The van der Waals surface area contributed by atoms with Gasteiger partial charge in [-0.1, -0.05) is 11.8 Å². The average Bonchev–Trinajstić information content (AvgIpc) is 2.45. The maximum atomic E-state index is 11.4. The van der Waals surface area contributed by atoms with E-state index in [-0.39, 0.29) is 5.91 Å². The lowest BCUT2D eigenvalue weighted by Crippen LogP contribution is -2.32. The lowest BCUT2D eigenvalue weighted by atomic mass is 10.1. The molecule has 1 rings (SSSR count). The molecule has 0 atom stereocenters. The molecule has 22 heavy (non-hydrogen) atoms. The first-order chi connectivity index (χ1) is 10.3. The van der Waals surface area contributed by atoms with Gasteiger partial charge in [-0.25, -0.2) is 4.79 Å². The predicted octanol–water partition coefficient (Wildman–Crippen LogP) is 2.31. The van der Waals surface area contributed by atoms with Crippen molar-refractivity contribution >= 4 is 12.0 Å². The van der Waals surface area contributed by atoms with Crippen LogP contribution >= 0.6 is 0 Å². The highest BCUT2D eigenvalue weighted by atomic mass is 16.6. The highest BCUT2D eigenvalue weighted by Crippen LogP contribution is 2.06. The fraction of sp³-hybridized carbons (Fsp3) is 0.412. The summed E-state index contributed by atoms with van der Waals surface area (Å²) in [5.74, 6) is 5.81. The van der Waals surface area contributed by atoms with Crippen LogP contribution in [0.3, 0.4) is 0 Å². The molecule has 0 saturated heterocycles. The van der Waals surface area contributed by atoms with Crippen molar-refractivity contribution < 1.29 is 14.3 Å². The number of carbonyl (C=O) groups is 2. The topological polar surface area (TPSA) is 67.4 Å². The van der Waals surface area contributed by atoms with E-state index in [1.165, 1.54) is 0 Å². The summed E-state index contributed by atoms with van der Waals surface area (Å²) in [6.07, 6.45) is 0.0837. The first kappa shape index (κ1) is 17.6. The Bertz CT molecular complexity index is 575. The highest BCUT2D eigenvalue weighted by molar-refractivity contribution is 5.94. The van der Waals surface area contributed by atoms with Gasteiger partial charge in [0, 0.05) is 31.1 Å². The number of hydrogen-bond donors (Lipinski definition) is 2. The Hall–Kier alpha value is -2.48. The smallest absolute Gasteiger partial charge is 0.407 e. The van der Waals surface area contributed by atoms with Crippen LogP contribution in [-0.2, 0) is 4.74 Å². The molecule has 0 spiro atoms. The van der Waals surface area contributed by atoms with Gasteiger partial charge in [-0.05, 0) is 45.0 Å². The minimum atomic E-state index is -0.498. The zero-order chi connectivity index (χ0) is 16.6. The van der Waals surface area contributed by atoms with Gasteiger partial charge in [-0.2, -0.15) is 0 Å². The SMILES string of the molecule is CNC(=O)c1ccc(C#CCCNC(=O)OC(C)(C)C)cc1. The van der Waals surface area contributed by atoms with Crippen LogP contribution in [0.2, 0.25) is 0 Å². The van der Waals surface area contributed by atoms with E-state index in [2.05, 4.69) is 22.5 Å². The fourth-order valence-electron chi connectivity index (χ4n) is 1.56. The van der Waals surface area contributed by atoms with Crippen molar-refractivity contribution in [2.75, 3.05) is 13.6 Å². The molecule has 2 N–H and O–H groups in total. The Morgan fingerprint density at radius 2 is 1.82 bits per heavy atom. The molecule has 0 bridgehead atoms. The van der Waals surface area contributed by atoms with Gasteiger partial charge in [0.2, 0.25) is 0 Å². The third kappa shape index (κ3) is 6.80. The van der Waals surface area contributed by atoms with E-state index in [0.29, 0.717) is 18.5 Å². The van der Waals surface area contributed by atoms with E-state index in [1.54, 1.807) is 31.3 Å². The zero-order valence-corrected chi connectivity index (χ0v) is 13.4. The second-order valence-electron chi connectivity index (χ2n) is 5.64. The highest BCUT2D eigenvalue weighted by Gasteiger charge is 2.15. The molecule has 0 radical (unpaired) electrons. The van der Waals surface area contributed by atoms with Crippen LogP contribution in [0.15, 0.2) is 24.3 Å². The van der Waals surface area contributed by atoms with Crippen molar-refractivity contribution in [3.05, 3.63) is 35.4 Å². The summed E-state index contributed by atoms with van der Waals surface area (Å²) in [5.41, 5.74) is 0.923. The van der Waals surface area contributed by atoms with Gasteiger partial charge < -0.3 is 15.4 Å². The van der Waals surface area contributed by atoms with E-state index in [1.807, 2.05) is 20.8 Å². The Morgan fingerprint density at radius 3 is 2.36 bits per heavy atom. The number of alkyl carbamates (subject to hydrolysis) is 1. The summed E-state index contributed by atoms with van der Waals surface area (Å²) in [6, 6.07) is 7.03. The second kappa shape index (κ2) is 8.08. The summed E-state index contributed by atoms with van der Waals surface area (Å²) in [4.78, 5) is 22.8. The van der Waals surface area contributed by atoms with E-state index in [4.69, 9.17) is 4.74 Å². The molecule has 5 nitrogen and oxygen atoms in total. The van der Waals surface area contributed by atoms with Crippen LogP contribution in [-0.4, -0.2) is 31.2 Å². The van der Waals surface area contributed by atoms with Crippen molar-refractivity contribution in [1.29, 1.82) is 0 Å². The number of nitrogens with one attached hydrogen (secondary N) is 2. The Labute approximate surface area is 131 Å². The third-order valence-corrected chi connectivity index (χ3v) is 2.53. The molecule has 2 amide bonds. The number of hydrogen-bond acceptors (Lipinski definition) is 3. The van der Waals surface area contributed by atoms with E-state index in [9.17, 15) is 9.59 Å². The van der Waals surface area contributed by atoms with Crippen molar-refractivity contribution in [2.45, 2.75) is 32.8 Å². The molecule has 0 aliphatic rings. The number of rotatable bonds is 3. The lowest BCUT2D eigenvalue weighted by molar-refractivity contribution is 0.0529. The molecule has 0 fully saturated rings. The molecule has 0 unspecified atom stereocenters. The van der Waals surface area contributed by atoms with Crippen LogP contribution < -0.4 is 10.6 Å². The lowest BCUT2D eigenvalue weighted by Gasteiger charge is -2.19. The molecule has 0 saturated carbocycles. The number of amides is 2. The first-order valence-corrected chi connectivity index (χ1v) is 7.09. The maximum absolute atomic E-state index is 11.4. The Balaban J connectivity index is 2.39. The Morgan fingerprint density at radius 1 is 1.18 bits per heavy atom. The fourth-order valence-corrected chi connectivity index (χ4v) is 1.56. The van der Waals surface area contributed by atoms with Gasteiger partial charge >= 0.3 is 6.09 Å². The van der Waals surface area contributed by atoms with Crippen LogP contribution in [0.25, 0.3) is 0 Å². The second-order valence-corrected chi connectivity index (χ2v) is 5.64. The summed E-state index contributed by atoms with van der Waals surface area (Å²) < 4.78 is 5.11. The average molecular weight is 302 g/mol. The summed E-state index contributed by atoms with van der Waals surface area (Å²) in [7, 11) is 1.59. The molecule has 0 aliphatic heterocycles. The van der Waals surface area contributed by atoms with Crippen LogP contribution in [0.4, 0.5) is 4.79 Å². The minimum Gasteiger partial charge on any atom is -0.444 e. The van der Waals surface area contributed by atoms with Gasteiger partial charge in [0.1, 0.15) is 5.60 Å². The van der Waals surface area contributed by atoms with Crippen LogP contribution in [0.1, 0.15) is 43.1 Å². The van der Waals surface area contributed by atoms with Crippen molar-refractivity contribution in [1.82, 2.24) is 10.6 Å². The monoisotopic (exact) mass is 302 g/mol. The largest absolute Gasteiger partial charge is 0.444 e. The molecule has 1 aromatic carbocycles. The molecule has 118 valence electrons. The quantitative estimate of drug-likeness (QED) is 0.665. The summed E-state index contributed by atoms with van der Waals surface area (Å²) >= 11 is 0. The number of benzene rings is 1. The maximum Gasteiger partial charge on any atom is 0.407 e. The minimum absolute atomic E-state index is 0.124. The first-order valence-electron chi connectivity index (χ1n) is 7.09. The number of carbonyl (C=O) groups excluding carboxylic acids is 2. The standard InChI is InChI=1S/C17H22N2O3/c1-17(2,3)22-16(21)19-12-6-5-7-13-8-10-14(11-9-13)15(20)18-4/h8-11H,6,12H2,1-4H3,(H,18,20)(H,19,21). The van der Waals surface area contributed by atoms with Crippen molar-refractivity contribution in [3.63, 3.8) is 0 Å². The zero-order valence-electron chi connectivity index (χ0n) is 13.4. The molecule has 0 aliphatic carbocycles. The van der Waals surface area contributed by atoms with Gasteiger partial charge in [-0.15, -0.1) is 0 Å². The van der Waals surface area contributed by atoms with Gasteiger partial charge in [-0.3, -0.25) is 4.79 Å².